The van der Waals surface area contributed by atoms with Gasteiger partial charge in [-0.15, -0.1) is 11.3 Å². The van der Waals surface area contributed by atoms with Crippen molar-refractivity contribution >= 4 is 27.3 Å². The average molecular weight is 281 g/mol. The van der Waals surface area contributed by atoms with Crippen LogP contribution in [0.15, 0.2) is 35.7 Å². The number of aryl methyl sites for hydroxylation is 1. The molecule has 15 heavy (non-hydrogen) atoms. The van der Waals surface area contributed by atoms with Gasteiger partial charge in [0.05, 0.1) is 4.83 Å². The minimum Gasteiger partial charge on any atom is -0.147 e. The smallest absolute Gasteiger partial charge is 0.0740 e. The summed E-state index contributed by atoms with van der Waals surface area (Å²) in [5, 5.41) is 2.12. The Kier molecular flexibility index (Phi) is 3.27. The van der Waals surface area contributed by atoms with Crippen LogP contribution in [0.3, 0.4) is 0 Å². The van der Waals surface area contributed by atoms with E-state index in [9.17, 15) is 0 Å². The molecule has 0 saturated heterocycles. The quantitative estimate of drug-likeness (QED) is 0.690. The van der Waals surface area contributed by atoms with Crippen LogP contribution in [0.2, 0.25) is 0 Å². The monoisotopic (exact) mass is 280 g/mol. The van der Waals surface area contributed by atoms with Crippen LogP contribution in [0.5, 0.6) is 0 Å². The second-order valence-electron chi connectivity index (χ2n) is 3.67. The van der Waals surface area contributed by atoms with Crippen molar-refractivity contribution in [3.8, 4) is 0 Å². The Labute approximate surface area is 103 Å². The first-order valence-corrected chi connectivity index (χ1v) is 6.73. The molecule has 0 radical (unpaired) electrons. The normalized spacial score (nSPS) is 12.7. The molecule has 1 aromatic carbocycles. The van der Waals surface area contributed by atoms with Crippen molar-refractivity contribution in [3.63, 3.8) is 0 Å². The highest BCUT2D eigenvalue weighted by atomic mass is 79.9. The van der Waals surface area contributed by atoms with Crippen LogP contribution >= 0.6 is 27.3 Å². The van der Waals surface area contributed by atoms with E-state index in [0.717, 1.165) is 0 Å². The summed E-state index contributed by atoms with van der Waals surface area (Å²) in [7, 11) is 0. The molecule has 0 saturated carbocycles. The standard InChI is InChI=1S/C13H13BrS/c1-9-5-3-6-11(10(9)2)13(14)12-7-4-8-15-12/h3-8,13H,1-2H3. The van der Waals surface area contributed by atoms with Gasteiger partial charge in [0.25, 0.3) is 0 Å². The van der Waals surface area contributed by atoms with Gasteiger partial charge in [-0.1, -0.05) is 40.2 Å². The van der Waals surface area contributed by atoms with E-state index >= 15 is 0 Å². The Balaban J connectivity index is 2.42. The molecule has 1 aromatic heterocycles. The summed E-state index contributed by atoms with van der Waals surface area (Å²) in [6.45, 7) is 4.35. The molecule has 0 spiro atoms. The predicted octanol–water partition coefficient (Wildman–Crippen LogP) is 4.85. The second-order valence-corrected chi connectivity index (χ2v) is 5.56. The molecule has 2 rings (SSSR count). The topological polar surface area (TPSA) is 0 Å². The molecular weight excluding hydrogens is 268 g/mol. The van der Waals surface area contributed by atoms with E-state index in [1.165, 1.54) is 21.6 Å². The summed E-state index contributed by atoms with van der Waals surface area (Å²) in [5.74, 6) is 0. The van der Waals surface area contributed by atoms with Crippen LogP contribution in [0.25, 0.3) is 0 Å². The number of hydrogen-bond donors (Lipinski definition) is 0. The fourth-order valence-electron chi connectivity index (χ4n) is 1.64. The summed E-state index contributed by atoms with van der Waals surface area (Å²) < 4.78 is 0. The number of rotatable bonds is 2. The zero-order valence-electron chi connectivity index (χ0n) is 8.83. The van der Waals surface area contributed by atoms with Crippen molar-refractivity contribution in [1.29, 1.82) is 0 Å². The molecule has 0 nitrogen and oxygen atoms in total. The Morgan fingerprint density at radius 2 is 1.93 bits per heavy atom. The van der Waals surface area contributed by atoms with Gasteiger partial charge in [0.15, 0.2) is 0 Å². The minimum absolute atomic E-state index is 0.331. The minimum atomic E-state index is 0.331. The Morgan fingerprint density at radius 3 is 2.60 bits per heavy atom. The molecule has 78 valence electrons. The van der Waals surface area contributed by atoms with E-state index in [1.807, 2.05) is 0 Å². The number of benzene rings is 1. The van der Waals surface area contributed by atoms with Gasteiger partial charge < -0.3 is 0 Å². The van der Waals surface area contributed by atoms with E-state index in [0.29, 0.717) is 4.83 Å². The first kappa shape index (κ1) is 10.9. The largest absolute Gasteiger partial charge is 0.147 e. The van der Waals surface area contributed by atoms with E-state index in [-0.39, 0.29) is 0 Å². The fraction of sp³-hybridized carbons (Fsp3) is 0.231. The maximum absolute atomic E-state index is 3.77. The number of alkyl halides is 1. The van der Waals surface area contributed by atoms with Crippen molar-refractivity contribution < 1.29 is 0 Å². The lowest BCUT2D eigenvalue weighted by molar-refractivity contribution is 1.15. The molecule has 1 atom stereocenters. The third-order valence-corrected chi connectivity index (χ3v) is 4.94. The van der Waals surface area contributed by atoms with Gasteiger partial charge in [-0.25, -0.2) is 0 Å². The lowest BCUT2D eigenvalue weighted by Crippen LogP contribution is -1.95. The second kappa shape index (κ2) is 4.50. The zero-order chi connectivity index (χ0) is 10.8. The number of hydrogen-bond acceptors (Lipinski definition) is 1. The number of thiophene rings is 1. The summed E-state index contributed by atoms with van der Waals surface area (Å²) >= 11 is 5.56. The Bertz CT molecular complexity index is 446. The molecule has 0 amide bonds. The van der Waals surface area contributed by atoms with Crippen LogP contribution < -0.4 is 0 Å². The molecule has 2 heteroatoms. The van der Waals surface area contributed by atoms with Crippen molar-refractivity contribution in [2.45, 2.75) is 18.7 Å². The van der Waals surface area contributed by atoms with E-state index in [1.54, 1.807) is 11.3 Å². The van der Waals surface area contributed by atoms with Crippen LogP contribution in [0, 0.1) is 13.8 Å². The maximum Gasteiger partial charge on any atom is 0.0740 e. The van der Waals surface area contributed by atoms with Gasteiger partial charge in [-0.2, -0.15) is 0 Å². The van der Waals surface area contributed by atoms with Gasteiger partial charge in [0, 0.05) is 4.88 Å². The molecule has 0 aliphatic heterocycles. The molecule has 2 aromatic rings. The summed E-state index contributed by atoms with van der Waals surface area (Å²) in [6, 6.07) is 10.7. The van der Waals surface area contributed by atoms with Gasteiger partial charge in [0.1, 0.15) is 0 Å². The molecule has 1 unspecified atom stereocenters. The molecule has 0 aliphatic carbocycles. The van der Waals surface area contributed by atoms with E-state index in [4.69, 9.17) is 0 Å². The lowest BCUT2D eigenvalue weighted by Gasteiger charge is -2.13. The molecule has 0 aliphatic rings. The van der Waals surface area contributed by atoms with Crippen LogP contribution in [0.4, 0.5) is 0 Å². The van der Waals surface area contributed by atoms with Crippen LogP contribution in [-0.4, -0.2) is 0 Å². The maximum atomic E-state index is 3.77. The van der Waals surface area contributed by atoms with Crippen LogP contribution in [-0.2, 0) is 0 Å². The van der Waals surface area contributed by atoms with Crippen molar-refractivity contribution in [2.24, 2.45) is 0 Å². The highest BCUT2D eigenvalue weighted by Gasteiger charge is 2.13. The number of halogens is 1. The molecule has 0 fully saturated rings. The Hall–Kier alpha value is -0.600. The molecular formula is C13H13BrS. The summed E-state index contributed by atoms with van der Waals surface area (Å²) in [5.41, 5.74) is 4.11. The summed E-state index contributed by atoms with van der Waals surface area (Å²) in [6.07, 6.45) is 0. The third-order valence-electron chi connectivity index (χ3n) is 2.71. The molecule has 1 heterocycles. The first-order valence-electron chi connectivity index (χ1n) is 4.93. The van der Waals surface area contributed by atoms with Crippen LogP contribution in [0.1, 0.15) is 26.4 Å². The molecule has 0 bridgehead atoms. The predicted molar refractivity (Wildman–Crippen MR) is 71.0 cm³/mol. The SMILES string of the molecule is Cc1cccc(C(Br)c2cccs2)c1C. The van der Waals surface area contributed by atoms with Gasteiger partial charge >= 0.3 is 0 Å². The highest BCUT2D eigenvalue weighted by Crippen LogP contribution is 2.35. The highest BCUT2D eigenvalue weighted by molar-refractivity contribution is 9.09. The molecule has 0 N–H and O–H groups in total. The van der Waals surface area contributed by atoms with E-state index < -0.39 is 0 Å². The van der Waals surface area contributed by atoms with Crippen molar-refractivity contribution in [3.05, 3.63) is 57.3 Å². The van der Waals surface area contributed by atoms with Gasteiger partial charge in [0.2, 0.25) is 0 Å². The van der Waals surface area contributed by atoms with E-state index in [2.05, 4.69) is 65.5 Å². The Morgan fingerprint density at radius 1 is 1.13 bits per heavy atom. The lowest BCUT2D eigenvalue weighted by atomic mass is 10.0. The third kappa shape index (κ3) is 2.16. The first-order chi connectivity index (χ1) is 7.20. The van der Waals surface area contributed by atoms with Crippen molar-refractivity contribution in [1.82, 2.24) is 0 Å². The fourth-order valence-corrected chi connectivity index (χ4v) is 3.33. The summed E-state index contributed by atoms with van der Waals surface area (Å²) in [4.78, 5) is 1.70. The van der Waals surface area contributed by atoms with Crippen molar-refractivity contribution in [2.75, 3.05) is 0 Å². The van der Waals surface area contributed by atoms with Gasteiger partial charge in [-0.3, -0.25) is 0 Å². The average Bonchev–Trinajstić information content (AvgIpc) is 2.74. The van der Waals surface area contributed by atoms with Gasteiger partial charge in [-0.05, 0) is 42.0 Å². The zero-order valence-corrected chi connectivity index (χ0v) is 11.2.